The number of para-hydroxylation sites is 1. The highest BCUT2D eigenvalue weighted by molar-refractivity contribution is 6.06. The quantitative estimate of drug-likeness (QED) is 0.595. The maximum Gasteiger partial charge on any atom is 0.337 e. The van der Waals surface area contributed by atoms with Crippen molar-refractivity contribution >= 4 is 23.6 Å². The third-order valence-electron chi connectivity index (χ3n) is 3.24. The predicted molar refractivity (Wildman–Crippen MR) is 94.9 cm³/mol. The second-order valence-corrected chi connectivity index (χ2v) is 4.87. The lowest BCUT2D eigenvalue weighted by molar-refractivity contribution is -0.111. The number of hydrogen-bond donors (Lipinski definition) is 2. The molecule has 6 nitrogen and oxygen atoms in total. The van der Waals surface area contributed by atoms with Crippen LogP contribution in [0, 0.1) is 0 Å². The van der Waals surface area contributed by atoms with Crippen molar-refractivity contribution in [1.82, 2.24) is 0 Å². The Hall–Kier alpha value is -3.54. The van der Waals surface area contributed by atoms with Gasteiger partial charge in [0, 0.05) is 6.08 Å². The van der Waals surface area contributed by atoms with E-state index in [1.54, 1.807) is 36.4 Å². The monoisotopic (exact) mass is 339 g/mol. The Kier molecular flexibility index (Phi) is 5.95. The fraction of sp³-hybridized carbons (Fsp3) is 0.0526. The summed E-state index contributed by atoms with van der Waals surface area (Å²) in [7, 11) is 1.51. The molecule has 0 atom stereocenters. The van der Waals surface area contributed by atoms with Crippen LogP contribution < -0.4 is 14.8 Å². The molecule has 0 aliphatic rings. The van der Waals surface area contributed by atoms with Gasteiger partial charge in [-0.15, -0.1) is 0 Å². The van der Waals surface area contributed by atoms with Crippen LogP contribution in [-0.2, 0) is 4.79 Å². The predicted octanol–water partition coefficient (Wildman–Crippen LogP) is 3.57. The first-order valence-corrected chi connectivity index (χ1v) is 7.32. The van der Waals surface area contributed by atoms with Gasteiger partial charge in [-0.25, -0.2) is 4.79 Å². The molecule has 0 aromatic heterocycles. The zero-order chi connectivity index (χ0) is 18.2. The number of methoxy groups -OCH3 is 1. The standard InChI is InChI=1S/C19H17NO5/c1-3-25-16-10-8-13(12-17(16)24-2)9-11-18(21)20-15-7-5-4-6-14(15)19(22)23/h3-12H,1H2,2H3,(H,20,21)(H,22,23)/b11-9+. The number of carboxylic acids is 1. The van der Waals surface area contributed by atoms with Gasteiger partial charge in [-0.05, 0) is 35.9 Å². The van der Waals surface area contributed by atoms with Gasteiger partial charge in [0.15, 0.2) is 11.5 Å². The van der Waals surface area contributed by atoms with Crippen LogP contribution in [0.3, 0.4) is 0 Å². The van der Waals surface area contributed by atoms with E-state index in [1.165, 1.54) is 31.6 Å². The molecule has 25 heavy (non-hydrogen) atoms. The molecule has 128 valence electrons. The molecule has 0 aliphatic heterocycles. The van der Waals surface area contributed by atoms with E-state index in [0.29, 0.717) is 11.5 Å². The molecule has 0 saturated carbocycles. The normalized spacial score (nSPS) is 10.3. The molecule has 0 heterocycles. The highest BCUT2D eigenvalue weighted by Gasteiger charge is 2.10. The van der Waals surface area contributed by atoms with Crippen molar-refractivity contribution in [3.05, 3.63) is 72.5 Å². The van der Waals surface area contributed by atoms with Crippen molar-refractivity contribution in [3.8, 4) is 11.5 Å². The number of anilines is 1. The molecule has 0 bridgehead atoms. The molecule has 0 unspecified atom stereocenters. The van der Waals surface area contributed by atoms with E-state index in [-0.39, 0.29) is 11.3 Å². The molecule has 1 amide bonds. The molecule has 0 aliphatic carbocycles. The van der Waals surface area contributed by atoms with E-state index in [9.17, 15) is 9.59 Å². The number of carboxylic acid groups (broad SMARTS) is 1. The molecular formula is C19H17NO5. The zero-order valence-electron chi connectivity index (χ0n) is 13.6. The van der Waals surface area contributed by atoms with Crippen molar-refractivity contribution in [1.29, 1.82) is 0 Å². The Morgan fingerprint density at radius 3 is 2.60 bits per heavy atom. The number of rotatable bonds is 7. The SMILES string of the molecule is C=COc1ccc(/C=C/C(=O)Nc2ccccc2C(=O)O)cc1OC. The van der Waals surface area contributed by atoms with Gasteiger partial charge in [0.2, 0.25) is 5.91 Å². The zero-order valence-corrected chi connectivity index (χ0v) is 13.6. The summed E-state index contributed by atoms with van der Waals surface area (Å²) in [5, 5.41) is 11.7. The van der Waals surface area contributed by atoms with Gasteiger partial charge in [0.25, 0.3) is 0 Å². The lowest BCUT2D eigenvalue weighted by Gasteiger charge is -2.08. The van der Waals surface area contributed by atoms with E-state index in [2.05, 4.69) is 11.9 Å². The van der Waals surface area contributed by atoms with Gasteiger partial charge in [0.05, 0.1) is 24.6 Å². The average molecular weight is 339 g/mol. The number of aromatic carboxylic acids is 1. The van der Waals surface area contributed by atoms with Crippen LogP contribution in [0.15, 0.2) is 61.4 Å². The molecule has 6 heteroatoms. The van der Waals surface area contributed by atoms with E-state index in [1.807, 2.05) is 0 Å². The summed E-state index contributed by atoms with van der Waals surface area (Å²) in [6, 6.07) is 11.3. The van der Waals surface area contributed by atoms with Crippen LogP contribution in [0.4, 0.5) is 5.69 Å². The van der Waals surface area contributed by atoms with Crippen molar-refractivity contribution in [2.24, 2.45) is 0 Å². The molecule has 0 fully saturated rings. The smallest absolute Gasteiger partial charge is 0.337 e. The van der Waals surface area contributed by atoms with Crippen LogP contribution in [0.25, 0.3) is 6.08 Å². The van der Waals surface area contributed by atoms with E-state index < -0.39 is 11.9 Å². The van der Waals surface area contributed by atoms with Crippen molar-refractivity contribution in [3.63, 3.8) is 0 Å². The third kappa shape index (κ3) is 4.71. The largest absolute Gasteiger partial charge is 0.493 e. The van der Waals surface area contributed by atoms with Gasteiger partial charge in [-0.2, -0.15) is 0 Å². The first-order chi connectivity index (χ1) is 12.0. The number of ether oxygens (including phenoxy) is 2. The Morgan fingerprint density at radius 1 is 1.16 bits per heavy atom. The lowest BCUT2D eigenvalue weighted by atomic mass is 10.1. The number of benzene rings is 2. The van der Waals surface area contributed by atoms with Crippen molar-refractivity contribution in [2.75, 3.05) is 12.4 Å². The minimum atomic E-state index is -1.11. The summed E-state index contributed by atoms with van der Waals surface area (Å²) in [5.74, 6) is -0.547. The summed E-state index contributed by atoms with van der Waals surface area (Å²) in [6.45, 7) is 3.49. The first kappa shape index (κ1) is 17.8. The molecule has 2 aromatic carbocycles. The van der Waals surface area contributed by atoms with Crippen molar-refractivity contribution < 1.29 is 24.2 Å². The van der Waals surface area contributed by atoms with Crippen LogP contribution in [0.2, 0.25) is 0 Å². The summed E-state index contributed by atoms with van der Waals surface area (Å²) < 4.78 is 10.4. The topological polar surface area (TPSA) is 84.9 Å². The molecule has 0 saturated heterocycles. The lowest BCUT2D eigenvalue weighted by Crippen LogP contribution is -2.11. The van der Waals surface area contributed by atoms with Gasteiger partial charge in [0.1, 0.15) is 0 Å². The number of amides is 1. The second kappa shape index (κ2) is 8.35. The van der Waals surface area contributed by atoms with Crippen LogP contribution in [-0.4, -0.2) is 24.1 Å². The summed E-state index contributed by atoms with van der Waals surface area (Å²) in [4.78, 5) is 23.2. The first-order valence-electron chi connectivity index (χ1n) is 7.32. The fourth-order valence-electron chi connectivity index (χ4n) is 2.10. The Labute approximate surface area is 145 Å². The molecular weight excluding hydrogens is 322 g/mol. The van der Waals surface area contributed by atoms with Gasteiger partial charge >= 0.3 is 5.97 Å². The minimum absolute atomic E-state index is 0.0249. The highest BCUT2D eigenvalue weighted by atomic mass is 16.5. The second-order valence-electron chi connectivity index (χ2n) is 4.87. The maximum absolute atomic E-state index is 12.0. The molecule has 2 aromatic rings. The molecule has 0 radical (unpaired) electrons. The highest BCUT2D eigenvalue weighted by Crippen LogP contribution is 2.28. The Balaban J connectivity index is 2.13. The van der Waals surface area contributed by atoms with Crippen LogP contribution in [0.1, 0.15) is 15.9 Å². The minimum Gasteiger partial charge on any atom is -0.493 e. The van der Waals surface area contributed by atoms with Crippen LogP contribution >= 0.6 is 0 Å². The Bertz CT molecular complexity index is 826. The van der Waals surface area contributed by atoms with Crippen LogP contribution in [0.5, 0.6) is 11.5 Å². The van der Waals surface area contributed by atoms with Gasteiger partial charge in [-0.3, -0.25) is 4.79 Å². The molecule has 2 N–H and O–H groups in total. The van der Waals surface area contributed by atoms with Crippen molar-refractivity contribution in [2.45, 2.75) is 0 Å². The molecule has 0 spiro atoms. The summed E-state index contributed by atoms with van der Waals surface area (Å²) in [5.41, 5.74) is 0.976. The fourth-order valence-corrected chi connectivity index (χ4v) is 2.10. The van der Waals surface area contributed by atoms with Gasteiger partial charge < -0.3 is 19.9 Å². The number of hydrogen-bond acceptors (Lipinski definition) is 4. The van der Waals surface area contributed by atoms with E-state index in [0.717, 1.165) is 5.56 Å². The Morgan fingerprint density at radius 2 is 1.92 bits per heavy atom. The van der Waals surface area contributed by atoms with E-state index >= 15 is 0 Å². The molecule has 2 rings (SSSR count). The maximum atomic E-state index is 12.0. The number of carbonyl (C=O) groups is 2. The average Bonchev–Trinajstić information content (AvgIpc) is 2.61. The van der Waals surface area contributed by atoms with E-state index in [4.69, 9.17) is 14.6 Å². The number of carbonyl (C=O) groups excluding carboxylic acids is 1. The number of nitrogens with one attached hydrogen (secondary N) is 1. The van der Waals surface area contributed by atoms with Gasteiger partial charge in [-0.1, -0.05) is 24.8 Å². The summed E-state index contributed by atoms with van der Waals surface area (Å²) in [6.07, 6.45) is 4.18. The third-order valence-corrected chi connectivity index (χ3v) is 3.24. The summed E-state index contributed by atoms with van der Waals surface area (Å²) >= 11 is 0.